The first-order valence-electron chi connectivity index (χ1n) is 5.00. The summed E-state index contributed by atoms with van der Waals surface area (Å²) in [6.45, 7) is 4.51. The normalized spacial score (nSPS) is 12.6. The van der Waals surface area contributed by atoms with Gasteiger partial charge in [0, 0.05) is 18.4 Å². The zero-order valence-corrected chi connectivity index (χ0v) is 9.18. The number of hydrogen-bond acceptors (Lipinski definition) is 6. The number of tetrazole rings is 1. The van der Waals surface area contributed by atoms with Gasteiger partial charge >= 0.3 is 0 Å². The molecule has 0 aliphatic heterocycles. The lowest BCUT2D eigenvalue weighted by molar-refractivity contribution is 0.542. The third kappa shape index (κ3) is 2.37. The predicted octanol–water partition coefficient (Wildman–Crippen LogP) is 0.149. The molecule has 0 saturated carbocycles. The lowest BCUT2D eigenvalue weighted by Crippen LogP contribution is -2.21. The van der Waals surface area contributed by atoms with Crippen molar-refractivity contribution in [2.24, 2.45) is 0 Å². The topological polar surface area (TPSA) is 92.3 Å². The van der Waals surface area contributed by atoms with E-state index in [1.165, 1.54) is 0 Å². The second kappa shape index (κ2) is 4.75. The number of nitrogens with zero attached hydrogens (tertiary/aromatic N) is 5. The van der Waals surface area contributed by atoms with E-state index in [2.05, 4.69) is 35.9 Å². The van der Waals surface area contributed by atoms with Crippen molar-refractivity contribution in [1.82, 2.24) is 35.9 Å². The highest BCUT2D eigenvalue weighted by molar-refractivity contribution is 5.12. The maximum absolute atomic E-state index is 4.29. The molecule has 0 saturated heterocycles. The Kier molecular flexibility index (Phi) is 3.16. The van der Waals surface area contributed by atoms with Crippen LogP contribution < -0.4 is 5.32 Å². The fraction of sp³-hybridized carbons (Fsp3) is 0.444. The van der Waals surface area contributed by atoms with Gasteiger partial charge in [0.1, 0.15) is 0 Å². The van der Waals surface area contributed by atoms with Gasteiger partial charge in [-0.05, 0) is 13.8 Å². The van der Waals surface area contributed by atoms with Crippen LogP contribution in [-0.4, -0.2) is 30.6 Å². The minimum atomic E-state index is 0.104. The zero-order valence-electron chi connectivity index (χ0n) is 9.18. The SMILES string of the molecule is Cc1nccnc1C(C)NCc1nn[nH]n1. The minimum Gasteiger partial charge on any atom is -0.302 e. The van der Waals surface area contributed by atoms with Gasteiger partial charge in [-0.2, -0.15) is 5.21 Å². The first-order valence-corrected chi connectivity index (χ1v) is 5.00. The number of aromatic amines is 1. The zero-order chi connectivity index (χ0) is 11.4. The van der Waals surface area contributed by atoms with Crippen LogP contribution in [0.25, 0.3) is 0 Å². The third-order valence-electron chi connectivity index (χ3n) is 2.28. The highest BCUT2D eigenvalue weighted by Crippen LogP contribution is 2.11. The number of aryl methyl sites for hydroxylation is 1. The van der Waals surface area contributed by atoms with Crippen molar-refractivity contribution in [2.45, 2.75) is 26.4 Å². The Morgan fingerprint density at radius 1 is 1.38 bits per heavy atom. The third-order valence-corrected chi connectivity index (χ3v) is 2.28. The van der Waals surface area contributed by atoms with Crippen LogP contribution in [0.1, 0.15) is 30.2 Å². The van der Waals surface area contributed by atoms with Crippen LogP contribution in [0.3, 0.4) is 0 Å². The number of hydrogen-bond donors (Lipinski definition) is 2. The van der Waals surface area contributed by atoms with Crippen LogP contribution >= 0.6 is 0 Å². The Bertz CT molecular complexity index is 439. The molecule has 2 heterocycles. The average molecular weight is 219 g/mol. The van der Waals surface area contributed by atoms with Gasteiger partial charge in [0.25, 0.3) is 0 Å². The van der Waals surface area contributed by atoms with Gasteiger partial charge in [-0.3, -0.25) is 9.97 Å². The molecule has 84 valence electrons. The standard InChI is InChI=1S/C9H13N7/c1-6-9(11-4-3-10-6)7(2)12-5-8-13-15-16-14-8/h3-4,7,12H,5H2,1-2H3,(H,13,14,15,16). The molecule has 2 aromatic rings. The van der Waals surface area contributed by atoms with E-state index in [4.69, 9.17) is 0 Å². The van der Waals surface area contributed by atoms with Gasteiger partial charge in [0.15, 0.2) is 5.82 Å². The van der Waals surface area contributed by atoms with Gasteiger partial charge in [0.05, 0.1) is 17.9 Å². The van der Waals surface area contributed by atoms with E-state index < -0.39 is 0 Å². The van der Waals surface area contributed by atoms with Crippen LogP contribution in [0, 0.1) is 6.92 Å². The van der Waals surface area contributed by atoms with Crippen molar-refractivity contribution >= 4 is 0 Å². The van der Waals surface area contributed by atoms with E-state index in [1.807, 2.05) is 13.8 Å². The van der Waals surface area contributed by atoms with Gasteiger partial charge in [-0.15, -0.1) is 10.2 Å². The fourth-order valence-corrected chi connectivity index (χ4v) is 1.44. The van der Waals surface area contributed by atoms with Crippen LogP contribution in [-0.2, 0) is 6.54 Å². The Labute approximate surface area is 92.7 Å². The lowest BCUT2D eigenvalue weighted by atomic mass is 10.2. The maximum atomic E-state index is 4.29. The molecule has 0 amide bonds. The Hall–Kier alpha value is -1.89. The summed E-state index contributed by atoms with van der Waals surface area (Å²) < 4.78 is 0. The molecule has 16 heavy (non-hydrogen) atoms. The summed E-state index contributed by atoms with van der Waals surface area (Å²) in [5.74, 6) is 0.633. The molecular formula is C9H13N7. The van der Waals surface area contributed by atoms with Crippen molar-refractivity contribution in [1.29, 1.82) is 0 Å². The van der Waals surface area contributed by atoms with Gasteiger partial charge in [0.2, 0.25) is 0 Å². The van der Waals surface area contributed by atoms with Gasteiger partial charge in [-0.1, -0.05) is 5.21 Å². The fourth-order valence-electron chi connectivity index (χ4n) is 1.44. The molecule has 1 unspecified atom stereocenters. The van der Waals surface area contributed by atoms with Gasteiger partial charge < -0.3 is 5.32 Å². The van der Waals surface area contributed by atoms with Crippen molar-refractivity contribution in [2.75, 3.05) is 0 Å². The van der Waals surface area contributed by atoms with E-state index in [9.17, 15) is 0 Å². The molecule has 0 aromatic carbocycles. The summed E-state index contributed by atoms with van der Waals surface area (Å²) in [5, 5.41) is 16.9. The molecule has 2 aromatic heterocycles. The molecular weight excluding hydrogens is 206 g/mol. The van der Waals surface area contributed by atoms with Crippen molar-refractivity contribution in [3.63, 3.8) is 0 Å². The average Bonchev–Trinajstić information content (AvgIpc) is 2.79. The van der Waals surface area contributed by atoms with E-state index >= 15 is 0 Å². The summed E-state index contributed by atoms with van der Waals surface area (Å²) in [4.78, 5) is 8.48. The molecule has 0 aliphatic rings. The van der Waals surface area contributed by atoms with E-state index in [0.717, 1.165) is 11.4 Å². The minimum absolute atomic E-state index is 0.104. The van der Waals surface area contributed by atoms with E-state index in [0.29, 0.717) is 12.4 Å². The van der Waals surface area contributed by atoms with Crippen LogP contribution in [0.5, 0.6) is 0 Å². The number of H-pyrrole nitrogens is 1. The van der Waals surface area contributed by atoms with E-state index in [-0.39, 0.29) is 6.04 Å². The maximum Gasteiger partial charge on any atom is 0.188 e. The predicted molar refractivity (Wildman–Crippen MR) is 56.2 cm³/mol. The number of aromatic nitrogens is 6. The van der Waals surface area contributed by atoms with Gasteiger partial charge in [-0.25, -0.2) is 0 Å². The molecule has 2 N–H and O–H groups in total. The molecule has 1 atom stereocenters. The number of nitrogens with one attached hydrogen (secondary N) is 2. The molecule has 0 spiro atoms. The first kappa shape index (κ1) is 10.6. The second-order valence-corrected chi connectivity index (χ2v) is 3.46. The molecule has 0 aliphatic carbocycles. The first-order chi connectivity index (χ1) is 7.77. The highest BCUT2D eigenvalue weighted by atomic mass is 15.5. The Morgan fingerprint density at radius 3 is 2.88 bits per heavy atom. The van der Waals surface area contributed by atoms with Crippen molar-refractivity contribution < 1.29 is 0 Å². The Morgan fingerprint density at radius 2 is 2.19 bits per heavy atom. The summed E-state index contributed by atoms with van der Waals surface area (Å²) in [7, 11) is 0. The van der Waals surface area contributed by atoms with Crippen LogP contribution in [0.4, 0.5) is 0 Å². The summed E-state index contributed by atoms with van der Waals surface area (Å²) in [6, 6.07) is 0.104. The second-order valence-electron chi connectivity index (χ2n) is 3.46. The molecule has 7 heteroatoms. The summed E-state index contributed by atoms with van der Waals surface area (Å²) in [5.41, 5.74) is 1.86. The summed E-state index contributed by atoms with van der Waals surface area (Å²) >= 11 is 0. The molecule has 2 rings (SSSR count). The largest absolute Gasteiger partial charge is 0.302 e. The smallest absolute Gasteiger partial charge is 0.188 e. The molecule has 7 nitrogen and oxygen atoms in total. The summed E-state index contributed by atoms with van der Waals surface area (Å²) in [6.07, 6.45) is 3.37. The lowest BCUT2D eigenvalue weighted by Gasteiger charge is -2.13. The Balaban J connectivity index is 1.98. The van der Waals surface area contributed by atoms with Crippen LogP contribution in [0.2, 0.25) is 0 Å². The number of rotatable bonds is 4. The van der Waals surface area contributed by atoms with Crippen LogP contribution in [0.15, 0.2) is 12.4 Å². The molecule has 0 radical (unpaired) electrons. The molecule has 0 fully saturated rings. The highest BCUT2D eigenvalue weighted by Gasteiger charge is 2.10. The van der Waals surface area contributed by atoms with Crippen molar-refractivity contribution in [3.05, 3.63) is 29.6 Å². The molecule has 0 bridgehead atoms. The van der Waals surface area contributed by atoms with Crippen molar-refractivity contribution in [3.8, 4) is 0 Å². The van der Waals surface area contributed by atoms with E-state index in [1.54, 1.807) is 12.4 Å². The monoisotopic (exact) mass is 219 g/mol. The quantitative estimate of drug-likeness (QED) is 0.760.